The minimum atomic E-state index is 0.641. The van der Waals surface area contributed by atoms with Gasteiger partial charge in [-0.1, -0.05) is 12.1 Å². The first-order chi connectivity index (χ1) is 5.90. The number of benzene rings is 1. The Bertz CT molecular complexity index is 398. The second-order valence-corrected chi connectivity index (χ2v) is 2.46. The molecule has 0 unspecified atom stereocenters. The summed E-state index contributed by atoms with van der Waals surface area (Å²) in [5, 5.41) is 1.01. The van der Waals surface area contributed by atoms with Gasteiger partial charge in [0, 0.05) is 11.5 Å². The highest BCUT2D eigenvalue weighted by Crippen LogP contribution is 2.14. The van der Waals surface area contributed by atoms with Crippen LogP contribution in [0.3, 0.4) is 0 Å². The molecule has 1 aromatic heterocycles. The van der Waals surface area contributed by atoms with Gasteiger partial charge in [0.1, 0.15) is 0 Å². The van der Waals surface area contributed by atoms with E-state index in [2.05, 4.69) is 11.1 Å². The van der Waals surface area contributed by atoms with Gasteiger partial charge >= 0.3 is 0 Å². The Labute approximate surface area is 70.8 Å². The second kappa shape index (κ2) is 2.81. The summed E-state index contributed by atoms with van der Waals surface area (Å²) in [6.07, 6.45) is 0. The summed E-state index contributed by atoms with van der Waals surface area (Å²) in [7, 11) is 1.61. The van der Waals surface area contributed by atoms with Crippen LogP contribution in [0.2, 0.25) is 0 Å². The van der Waals surface area contributed by atoms with Gasteiger partial charge in [0.25, 0.3) is 0 Å². The molecule has 2 aromatic rings. The molecule has 0 fully saturated rings. The van der Waals surface area contributed by atoms with Crippen molar-refractivity contribution in [2.24, 2.45) is 0 Å². The van der Waals surface area contributed by atoms with Crippen molar-refractivity contribution >= 4 is 10.9 Å². The van der Waals surface area contributed by atoms with Gasteiger partial charge in [-0.25, -0.2) is 4.98 Å². The molecule has 0 saturated carbocycles. The number of aromatic nitrogens is 1. The highest BCUT2D eigenvalue weighted by atomic mass is 16.5. The second-order valence-electron chi connectivity index (χ2n) is 2.46. The lowest BCUT2D eigenvalue weighted by Crippen LogP contribution is -1.86. The van der Waals surface area contributed by atoms with Gasteiger partial charge in [0.2, 0.25) is 5.88 Å². The molecule has 1 heterocycles. The first kappa shape index (κ1) is 7.10. The van der Waals surface area contributed by atoms with Crippen molar-refractivity contribution in [3.8, 4) is 5.88 Å². The maximum Gasteiger partial charge on any atom is 0.213 e. The fourth-order valence-corrected chi connectivity index (χ4v) is 1.10. The molecule has 2 rings (SSSR count). The third-order valence-electron chi connectivity index (χ3n) is 1.70. The highest BCUT2D eigenvalue weighted by Gasteiger charge is 1.95. The Morgan fingerprint density at radius 1 is 1.33 bits per heavy atom. The van der Waals surface area contributed by atoms with Crippen LogP contribution in [-0.4, -0.2) is 12.1 Å². The zero-order valence-electron chi connectivity index (χ0n) is 6.74. The largest absolute Gasteiger partial charge is 0.481 e. The van der Waals surface area contributed by atoms with Gasteiger partial charge in [-0.05, 0) is 18.2 Å². The molecule has 12 heavy (non-hydrogen) atoms. The summed E-state index contributed by atoms with van der Waals surface area (Å²) in [6.45, 7) is 0. The number of ether oxygens (including phenoxy) is 1. The van der Waals surface area contributed by atoms with Crippen LogP contribution in [0.5, 0.6) is 5.88 Å². The van der Waals surface area contributed by atoms with Gasteiger partial charge in [-0.2, -0.15) is 0 Å². The minimum Gasteiger partial charge on any atom is -0.481 e. The molecule has 0 aliphatic heterocycles. The van der Waals surface area contributed by atoms with E-state index in [4.69, 9.17) is 4.74 Å². The number of hydrogen-bond donors (Lipinski definition) is 0. The Morgan fingerprint density at radius 3 is 3.08 bits per heavy atom. The van der Waals surface area contributed by atoms with E-state index in [1.54, 1.807) is 7.11 Å². The fraction of sp³-hybridized carbons (Fsp3) is 0.100. The van der Waals surface area contributed by atoms with Crippen LogP contribution in [-0.2, 0) is 0 Å². The molecule has 0 amide bonds. The summed E-state index contributed by atoms with van der Waals surface area (Å²) >= 11 is 0. The lowest BCUT2D eigenvalue weighted by molar-refractivity contribution is 0.399. The van der Waals surface area contributed by atoms with Crippen LogP contribution in [0.15, 0.2) is 30.3 Å². The Morgan fingerprint density at radius 2 is 2.25 bits per heavy atom. The van der Waals surface area contributed by atoms with Crippen LogP contribution < -0.4 is 4.74 Å². The van der Waals surface area contributed by atoms with Gasteiger partial charge in [0.15, 0.2) is 0 Å². The SMILES string of the molecule is COc1ccc2[c]cccc2n1. The van der Waals surface area contributed by atoms with Gasteiger partial charge in [0.05, 0.1) is 12.6 Å². The molecule has 59 valence electrons. The first-order valence-electron chi connectivity index (χ1n) is 3.71. The third-order valence-corrected chi connectivity index (χ3v) is 1.70. The van der Waals surface area contributed by atoms with E-state index in [9.17, 15) is 0 Å². The molecule has 0 saturated heterocycles. The van der Waals surface area contributed by atoms with Crippen LogP contribution >= 0.6 is 0 Å². The van der Waals surface area contributed by atoms with Crippen molar-refractivity contribution in [1.82, 2.24) is 4.98 Å². The molecule has 0 aliphatic rings. The normalized spacial score (nSPS) is 10.1. The number of hydrogen-bond acceptors (Lipinski definition) is 2. The zero-order valence-corrected chi connectivity index (χ0v) is 6.74. The van der Waals surface area contributed by atoms with Crippen LogP contribution in [0, 0.1) is 6.07 Å². The first-order valence-corrected chi connectivity index (χ1v) is 3.71. The van der Waals surface area contributed by atoms with Crippen molar-refractivity contribution in [2.45, 2.75) is 0 Å². The average Bonchev–Trinajstić information content (AvgIpc) is 2.17. The van der Waals surface area contributed by atoms with Crippen LogP contribution in [0.4, 0.5) is 0 Å². The molecule has 0 bridgehead atoms. The lowest BCUT2D eigenvalue weighted by atomic mass is 10.2. The Kier molecular flexibility index (Phi) is 1.67. The standard InChI is InChI=1S/C10H8NO/c1-12-10-7-6-8-4-2-3-5-9(8)11-10/h2-3,5-7H,1H3. The van der Waals surface area contributed by atoms with Crippen molar-refractivity contribution in [2.75, 3.05) is 7.11 Å². The topological polar surface area (TPSA) is 22.1 Å². The van der Waals surface area contributed by atoms with Crippen molar-refractivity contribution in [3.63, 3.8) is 0 Å². The summed E-state index contributed by atoms with van der Waals surface area (Å²) in [4.78, 5) is 4.24. The van der Waals surface area contributed by atoms with E-state index >= 15 is 0 Å². The molecule has 1 aromatic carbocycles. The lowest BCUT2D eigenvalue weighted by Gasteiger charge is -1.99. The van der Waals surface area contributed by atoms with Crippen LogP contribution in [0.25, 0.3) is 10.9 Å². The van der Waals surface area contributed by atoms with Crippen molar-refractivity contribution in [3.05, 3.63) is 36.4 Å². The Balaban J connectivity index is 2.67. The number of rotatable bonds is 1. The minimum absolute atomic E-state index is 0.641. The monoisotopic (exact) mass is 158 g/mol. The number of fused-ring (bicyclic) bond motifs is 1. The van der Waals surface area contributed by atoms with E-state index in [1.165, 1.54) is 0 Å². The van der Waals surface area contributed by atoms with Crippen molar-refractivity contribution < 1.29 is 4.74 Å². The summed E-state index contributed by atoms with van der Waals surface area (Å²) in [6, 6.07) is 12.6. The number of nitrogens with zero attached hydrogens (tertiary/aromatic N) is 1. The number of pyridine rings is 1. The summed E-state index contributed by atoms with van der Waals surface area (Å²) in [5.74, 6) is 0.641. The van der Waals surface area contributed by atoms with E-state index in [-0.39, 0.29) is 0 Å². The quantitative estimate of drug-likeness (QED) is 0.633. The molecular weight excluding hydrogens is 150 g/mol. The van der Waals surface area contributed by atoms with Gasteiger partial charge < -0.3 is 4.74 Å². The zero-order chi connectivity index (χ0) is 8.39. The van der Waals surface area contributed by atoms with Crippen LogP contribution in [0.1, 0.15) is 0 Å². The van der Waals surface area contributed by atoms with Gasteiger partial charge in [-0.3, -0.25) is 0 Å². The third kappa shape index (κ3) is 1.11. The molecule has 0 atom stereocenters. The highest BCUT2D eigenvalue weighted by molar-refractivity contribution is 5.78. The van der Waals surface area contributed by atoms with E-state index in [0.717, 1.165) is 10.9 Å². The molecule has 0 spiro atoms. The summed E-state index contributed by atoms with van der Waals surface area (Å²) in [5.41, 5.74) is 0.914. The Hall–Kier alpha value is -1.57. The molecule has 2 nitrogen and oxygen atoms in total. The number of methoxy groups -OCH3 is 1. The predicted molar refractivity (Wildman–Crippen MR) is 47.1 cm³/mol. The maximum atomic E-state index is 5.00. The van der Waals surface area contributed by atoms with E-state index in [0.29, 0.717) is 5.88 Å². The average molecular weight is 158 g/mol. The predicted octanol–water partition coefficient (Wildman–Crippen LogP) is 2.04. The fourth-order valence-electron chi connectivity index (χ4n) is 1.10. The van der Waals surface area contributed by atoms with E-state index < -0.39 is 0 Å². The molecular formula is C10H8NO. The molecule has 2 heteroatoms. The molecule has 1 radical (unpaired) electrons. The summed E-state index contributed by atoms with van der Waals surface area (Å²) < 4.78 is 5.00. The van der Waals surface area contributed by atoms with Gasteiger partial charge in [-0.15, -0.1) is 0 Å². The van der Waals surface area contributed by atoms with E-state index in [1.807, 2.05) is 30.3 Å². The van der Waals surface area contributed by atoms with Crippen molar-refractivity contribution in [1.29, 1.82) is 0 Å². The smallest absolute Gasteiger partial charge is 0.213 e. The maximum absolute atomic E-state index is 5.00. The molecule has 0 aliphatic carbocycles. The molecule has 0 N–H and O–H groups in total.